The molecule has 0 bridgehead atoms. The van der Waals surface area contributed by atoms with Gasteiger partial charge in [-0.1, -0.05) is 205 Å². The Kier molecular flexibility index (Phi) is 24.7. The maximum absolute atomic E-state index is 15.2. The molecule has 0 aliphatic heterocycles. The lowest BCUT2D eigenvalue weighted by Crippen LogP contribution is -2.24. The molecule has 2 fully saturated rings. The van der Waals surface area contributed by atoms with Crippen LogP contribution in [0.4, 0.5) is 8.78 Å². The standard InChI is InChI=1S/C54H84F2O2/c1-3-5-7-9-11-13-15-16-17-19-21-23-25-27-45-30-40-51(41-31-45)58-54(57)50-39-37-48(53(56)43-50)35-34-47-36-38-49(42-52(47)55)46-32-28-44(29-33-46)26-24-22-20-18-14-12-10-8-6-4-2/h34-39,42-46,51H,3-33,40-41H2,1-2H3. The Morgan fingerprint density at radius 2 is 0.914 bits per heavy atom. The van der Waals surface area contributed by atoms with Gasteiger partial charge in [0.1, 0.15) is 17.7 Å². The summed E-state index contributed by atoms with van der Waals surface area (Å²) in [5, 5.41) is 0. The van der Waals surface area contributed by atoms with Crippen LogP contribution >= 0.6 is 0 Å². The topological polar surface area (TPSA) is 26.3 Å². The van der Waals surface area contributed by atoms with Crippen molar-refractivity contribution in [3.8, 4) is 0 Å². The molecular formula is C54H84F2O2. The molecule has 0 N–H and O–H groups in total. The van der Waals surface area contributed by atoms with Crippen LogP contribution in [-0.2, 0) is 4.74 Å². The number of hydrogen-bond acceptors (Lipinski definition) is 2. The van der Waals surface area contributed by atoms with Gasteiger partial charge in [0.25, 0.3) is 0 Å². The van der Waals surface area contributed by atoms with Gasteiger partial charge in [0.15, 0.2) is 0 Å². The molecule has 2 nitrogen and oxygen atoms in total. The first-order valence-corrected chi connectivity index (χ1v) is 24.9. The Labute approximate surface area is 355 Å². The van der Waals surface area contributed by atoms with E-state index in [0.717, 1.165) is 55.9 Å². The maximum atomic E-state index is 15.2. The number of benzene rings is 2. The number of carbonyl (C=O) groups excluding carboxylic acids is 1. The monoisotopic (exact) mass is 803 g/mol. The molecule has 4 rings (SSSR count). The fourth-order valence-electron chi connectivity index (χ4n) is 9.81. The minimum absolute atomic E-state index is 0.0895. The Morgan fingerprint density at radius 3 is 1.34 bits per heavy atom. The zero-order chi connectivity index (χ0) is 41.0. The Hall–Kier alpha value is -2.49. The van der Waals surface area contributed by atoms with Gasteiger partial charge in [-0.25, -0.2) is 13.6 Å². The van der Waals surface area contributed by atoms with Gasteiger partial charge >= 0.3 is 5.97 Å². The minimum Gasteiger partial charge on any atom is -0.459 e. The fraction of sp³-hybridized carbons (Fsp3) is 0.722. The molecule has 2 saturated carbocycles. The number of rotatable bonds is 30. The quantitative estimate of drug-likeness (QED) is 0.0447. The molecule has 2 aliphatic rings. The molecule has 4 heteroatoms. The van der Waals surface area contributed by atoms with E-state index in [-0.39, 0.29) is 17.5 Å². The molecule has 326 valence electrons. The lowest BCUT2D eigenvalue weighted by molar-refractivity contribution is 0.0160. The van der Waals surface area contributed by atoms with Gasteiger partial charge in [-0.2, -0.15) is 0 Å². The summed E-state index contributed by atoms with van der Waals surface area (Å²) in [5.41, 5.74) is 2.10. The van der Waals surface area contributed by atoms with Crippen LogP contribution < -0.4 is 0 Å². The summed E-state index contributed by atoms with van der Waals surface area (Å²) < 4.78 is 36.2. The lowest BCUT2D eigenvalue weighted by Gasteiger charge is -2.29. The van der Waals surface area contributed by atoms with Crippen molar-refractivity contribution in [3.05, 3.63) is 70.3 Å². The van der Waals surface area contributed by atoms with Gasteiger partial charge in [0, 0.05) is 11.1 Å². The van der Waals surface area contributed by atoms with Crippen LogP contribution in [0.2, 0.25) is 0 Å². The van der Waals surface area contributed by atoms with Crippen molar-refractivity contribution in [3.63, 3.8) is 0 Å². The lowest BCUT2D eigenvalue weighted by atomic mass is 9.77. The van der Waals surface area contributed by atoms with Crippen molar-refractivity contribution in [2.75, 3.05) is 0 Å². The molecule has 0 aromatic heterocycles. The van der Waals surface area contributed by atoms with E-state index < -0.39 is 11.8 Å². The minimum atomic E-state index is -0.501. The zero-order valence-corrected chi connectivity index (χ0v) is 37.3. The molecule has 58 heavy (non-hydrogen) atoms. The smallest absolute Gasteiger partial charge is 0.338 e. The molecule has 2 aromatic carbocycles. The van der Waals surface area contributed by atoms with Crippen molar-refractivity contribution >= 4 is 18.1 Å². The highest BCUT2D eigenvalue weighted by molar-refractivity contribution is 5.90. The number of carbonyl (C=O) groups is 1. The molecule has 0 unspecified atom stereocenters. The number of esters is 1. The van der Waals surface area contributed by atoms with Crippen LogP contribution in [0.5, 0.6) is 0 Å². The van der Waals surface area contributed by atoms with Crippen molar-refractivity contribution < 1.29 is 18.3 Å². The number of halogens is 2. The molecule has 0 spiro atoms. The third-order valence-corrected chi connectivity index (χ3v) is 13.8. The van der Waals surface area contributed by atoms with Crippen molar-refractivity contribution in [2.24, 2.45) is 11.8 Å². The first kappa shape index (κ1) is 48.2. The normalized spacial score (nSPS) is 19.9. The molecule has 0 radical (unpaired) electrons. The van der Waals surface area contributed by atoms with Gasteiger partial charge in [0.2, 0.25) is 0 Å². The highest BCUT2D eigenvalue weighted by Crippen LogP contribution is 2.38. The summed E-state index contributed by atoms with van der Waals surface area (Å²) >= 11 is 0. The first-order valence-electron chi connectivity index (χ1n) is 24.9. The number of hydrogen-bond donors (Lipinski definition) is 0. The van der Waals surface area contributed by atoms with E-state index in [2.05, 4.69) is 19.9 Å². The van der Waals surface area contributed by atoms with E-state index in [4.69, 9.17) is 4.74 Å². The number of ether oxygens (including phenoxy) is 1. The van der Waals surface area contributed by atoms with E-state index in [9.17, 15) is 4.79 Å². The molecule has 0 saturated heterocycles. The van der Waals surface area contributed by atoms with Crippen molar-refractivity contribution in [1.29, 1.82) is 0 Å². The largest absolute Gasteiger partial charge is 0.459 e. The summed E-state index contributed by atoms with van der Waals surface area (Å²) in [6, 6.07) is 10.0. The predicted molar refractivity (Wildman–Crippen MR) is 244 cm³/mol. The average Bonchev–Trinajstić information content (AvgIpc) is 3.24. The molecular weight excluding hydrogens is 719 g/mol. The van der Waals surface area contributed by atoms with Crippen LogP contribution in [-0.4, -0.2) is 12.1 Å². The predicted octanol–water partition coefficient (Wildman–Crippen LogP) is 17.9. The second-order valence-corrected chi connectivity index (χ2v) is 18.6. The first-order chi connectivity index (χ1) is 28.5. The second-order valence-electron chi connectivity index (χ2n) is 18.6. The second kappa shape index (κ2) is 29.7. The summed E-state index contributed by atoms with van der Waals surface area (Å²) in [6.45, 7) is 4.56. The highest BCUT2D eigenvalue weighted by Gasteiger charge is 2.25. The van der Waals surface area contributed by atoms with Gasteiger partial charge in [-0.3, -0.25) is 0 Å². The summed E-state index contributed by atoms with van der Waals surface area (Å²) in [5.74, 6) is 0.758. The van der Waals surface area contributed by atoms with Crippen LogP contribution in [0.3, 0.4) is 0 Å². The van der Waals surface area contributed by atoms with Crippen LogP contribution in [0, 0.1) is 23.5 Å². The van der Waals surface area contributed by atoms with Gasteiger partial charge in [0.05, 0.1) is 5.56 Å². The van der Waals surface area contributed by atoms with E-state index in [1.54, 1.807) is 30.4 Å². The van der Waals surface area contributed by atoms with Gasteiger partial charge in [-0.05, 0) is 92.9 Å². The van der Waals surface area contributed by atoms with E-state index >= 15 is 8.78 Å². The van der Waals surface area contributed by atoms with E-state index in [1.165, 1.54) is 179 Å². The molecule has 2 aromatic rings. The Morgan fingerprint density at radius 1 is 0.517 bits per heavy atom. The van der Waals surface area contributed by atoms with Crippen molar-refractivity contribution in [1.82, 2.24) is 0 Å². The maximum Gasteiger partial charge on any atom is 0.338 e. The fourth-order valence-corrected chi connectivity index (χ4v) is 9.81. The number of unbranched alkanes of at least 4 members (excludes halogenated alkanes) is 21. The average molecular weight is 803 g/mol. The van der Waals surface area contributed by atoms with Crippen LogP contribution in [0.15, 0.2) is 36.4 Å². The molecule has 0 amide bonds. The summed E-state index contributed by atoms with van der Waals surface area (Å²) in [6.07, 6.45) is 46.4. The molecule has 0 heterocycles. The summed E-state index contributed by atoms with van der Waals surface area (Å²) in [4.78, 5) is 12.9. The third-order valence-electron chi connectivity index (χ3n) is 13.8. The van der Waals surface area contributed by atoms with Crippen LogP contribution in [0.1, 0.15) is 259 Å². The van der Waals surface area contributed by atoms with Crippen LogP contribution in [0.25, 0.3) is 12.2 Å². The highest BCUT2D eigenvalue weighted by atomic mass is 19.1. The van der Waals surface area contributed by atoms with Gasteiger partial charge < -0.3 is 4.74 Å². The van der Waals surface area contributed by atoms with E-state index in [0.29, 0.717) is 17.0 Å². The summed E-state index contributed by atoms with van der Waals surface area (Å²) in [7, 11) is 0. The molecule has 0 atom stereocenters. The third kappa shape index (κ3) is 19.3. The molecule has 2 aliphatic carbocycles. The van der Waals surface area contributed by atoms with Gasteiger partial charge in [-0.15, -0.1) is 0 Å². The zero-order valence-electron chi connectivity index (χ0n) is 37.3. The Balaban J connectivity index is 1.06. The van der Waals surface area contributed by atoms with Crippen molar-refractivity contribution in [2.45, 2.75) is 238 Å². The van der Waals surface area contributed by atoms with E-state index in [1.807, 2.05) is 6.07 Å². The SMILES string of the molecule is CCCCCCCCCCCCCCCC1CCC(OC(=O)c2ccc(C=Cc3ccc(C4CCC(CCCCCCCCCCCC)CC4)cc3F)c(F)c2)CC1. The Bertz CT molecular complexity index is 1400.